The van der Waals surface area contributed by atoms with Crippen LogP contribution in [0.15, 0.2) is 36.9 Å². The van der Waals surface area contributed by atoms with Gasteiger partial charge in [0.25, 0.3) is 0 Å². The Labute approximate surface area is 140 Å². The molecule has 1 amide bonds. The molecule has 2 aromatic rings. The zero-order valence-electron chi connectivity index (χ0n) is 13.6. The van der Waals surface area contributed by atoms with Gasteiger partial charge in [0.1, 0.15) is 18.5 Å². The van der Waals surface area contributed by atoms with Crippen LogP contribution < -0.4 is 5.32 Å². The van der Waals surface area contributed by atoms with Crippen molar-refractivity contribution in [3.8, 4) is 0 Å². The lowest BCUT2D eigenvalue weighted by molar-refractivity contribution is -0.122. The predicted molar refractivity (Wildman–Crippen MR) is 87.4 cm³/mol. The zero-order chi connectivity index (χ0) is 16.8. The number of hydrogen-bond acceptors (Lipinski definition) is 4. The number of carbonyl (C=O) groups excluding carboxylic acids is 1. The number of rotatable bonds is 6. The Morgan fingerprint density at radius 3 is 3.04 bits per heavy atom. The van der Waals surface area contributed by atoms with Gasteiger partial charge in [-0.3, -0.25) is 14.4 Å². The zero-order valence-corrected chi connectivity index (χ0v) is 13.6. The molecule has 1 N–H and O–H groups in total. The predicted octanol–water partition coefficient (Wildman–Crippen LogP) is 1.45. The topological polar surface area (TPSA) is 63.1 Å². The molecular weight excluding hydrogens is 309 g/mol. The van der Waals surface area contributed by atoms with Gasteiger partial charge in [0.05, 0.1) is 6.54 Å². The van der Waals surface area contributed by atoms with Gasteiger partial charge in [0.15, 0.2) is 0 Å². The molecule has 1 aliphatic rings. The van der Waals surface area contributed by atoms with Gasteiger partial charge < -0.3 is 5.32 Å². The quantitative estimate of drug-likeness (QED) is 0.870. The van der Waals surface area contributed by atoms with Crippen molar-refractivity contribution < 1.29 is 9.18 Å². The van der Waals surface area contributed by atoms with E-state index in [1.165, 1.54) is 12.4 Å². The van der Waals surface area contributed by atoms with Crippen LogP contribution in [0.2, 0.25) is 0 Å². The van der Waals surface area contributed by atoms with Crippen molar-refractivity contribution in [1.82, 2.24) is 25.0 Å². The molecule has 1 aromatic heterocycles. The minimum absolute atomic E-state index is 0.0698. The van der Waals surface area contributed by atoms with E-state index in [0.29, 0.717) is 18.0 Å². The highest BCUT2D eigenvalue weighted by molar-refractivity contribution is 5.78. The molecule has 1 atom stereocenters. The van der Waals surface area contributed by atoms with Gasteiger partial charge in [-0.2, -0.15) is 5.10 Å². The molecule has 2 heterocycles. The number of carbonyl (C=O) groups is 1. The van der Waals surface area contributed by atoms with E-state index in [9.17, 15) is 9.18 Å². The SMILES string of the molecule is O=C(CN1CCCC(Cn2cncn2)C1)NCc1ccccc1F. The second-order valence-electron chi connectivity index (χ2n) is 6.23. The van der Waals surface area contributed by atoms with E-state index in [0.717, 1.165) is 32.5 Å². The first kappa shape index (κ1) is 16.6. The van der Waals surface area contributed by atoms with E-state index in [2.05, 4.69) is 20.3 Å². The lowest BCUT2D eigenvalue weighted by atomic mass is 9.98. The number of hydrogen-bond donors (Lipinski definition) is 1. The molecule has 6 nitrogen and oxygen atoms in total. The summed E-state index contributed by atoms with van der Waals surface area (Å²) < 4.78 is 15.4. The van der Waals surface area contributed by atoms with Crippen LogP contribution in [0.4, 0.5) is 4.39 Å². The van der Waals surface area contributed by atoms with Gasteiger partial charge in [0, 0.05) is 25.2 Å². The second-order valence-corrected chi connectivity index (χ2v) is 6.23. The van der Waals surface area contributed by atoms with E-state index in [1.54, 1.807) is 24.5 Å². The van der Waals surface area contributed by atoms with E-state index in [4.69, 9.17) is 0 Å². The van der Waals surface area contributed by atoms with Crippen molar-refractivity contribution in [2.24, 2.45) is 5.92 Å². The first-order valence-electron chi connectivity index (χ1n) is 8.25. The van der Waals surface area contributed by atoms with E-state index < -0.39 is 0 Å². The number of aromatic nitrogens is 3. The van der Waals surface area contributed by atoms with Crippen molar-refractivity contribution >= 4 is 5.91 Å². The van der Waals surface area contributed by atoms with Crippen LogP contribution in [0, 0.1) is 11.7 Å². The van der Waals surface area contributed by atoms with Gasteiger partial charge in [-0.05, 0) is 31.4 Å². The number of likely N-dealkylation sites (tertiary alicyclic amines) is 1. The van der Waals surface area contributed by atoms with Crippen molar-refractivity contribution in [1.29, 1.82) is 0 Å². The maximum atomic E-state index is 13.6. The summed E-state index contributed by atoms with van der Waals surface area (Å²) in [5, 5.41) is 6.94. The van der Waals surface area contributed by atoms with Crippen LogP contribution in [0.25, 0.3) is 0 Å². The number of amides is 1. The third kappa shape index (κ3) is 4.61. The van der Waals surface area contributed by atoms with Crippen LogP contribution in [0.1, 0.15) is 18.4 Å². The molecule has 1 unspecified atom stereocenters. The maximum absolute atomic E-state index is 13.6. The smallest absolute Gasteiger partial charge is 0.234 e. The van der Waals surface area contributed by atoms with Gasteiger partial charge in [-0.15, -0.1) is 0 Å². The lowest BCUT2D eigenvalue weighted by Crippen LogP contribution is -2.43. The fourth-order valence-electron chi connectivity index (χ4n) is 3.13. The van der Waals surface area contributed by atoms with Crippen molar-refractivity contribution in [2.45, 2.75) is 25.9 Å². The van der Waals surface area contributed by atoms with Gasteiger partial charge in [0.2, 0.25) is 5.91 Å². The summed E-state index contributed by atoms with van der Waals surface area (Å²) >= 11 is 0. The molecule has 0 spiro atoms. The molecule has 1 saturated heterocycles. The molecule has 0 bridgehead atoms. The number of halogens is 1. The Kier molecular flexibility index (Phi) is 5.53. The van der Waals surface area contributed by atoms with Gasteiger partial charge >= 0.3 is 0 Å². The Morgan fingerprint density at radius 1 is 1.38 bits per heavy atom. The molecule has 128 valence electrons. The van der Waals surface area contributed by atoms with Crippen molar-refractivity contribution in [3.63, 3.8) is 0 Å². The largest absolute Gasteiger partial charge is 0.351 e. The molecule has 7 heteroatoms. The van der Waals surface area contributed by atoms with Crippen LogP contribution in [0.3, 0.4) is 0 Å². The lowest BCUT2D eigenvalue weighted by Gasteiger charge is -2.32. The first-order chi connectivity index (χ1) is 11.7. The van der Waals surface area contributed by atoms with Crippen LogP contribution >= 0.6 is 0 Å². The molecule has 0 saturated carbocycles. The fraction of sp³-hybridized carbons (Fsp3) is 0.471. The standard InChI is InChI=1S/C17H22FN5O/c18-16-6-2-1-5-15(16)8-20-17(24)11-22-7-3-4-14(9-22)10-23-13-19-12-21-23/h1-2,5-6,12-14H,3-4,7-11H2,(H,20,24). The molecule has 3 rings (SSSR count). The normalized spacial score (nSPS) is 18.5. The number of nitrogens with zero attached hydrogens (tertiary/aromatic N) is 4. The molecule has 1 fully saturated rings. The Balaban J connectivity index is 1.44. The summed E-state index contributed by atoms with van der Waals surface area (Å²) in [4.78, 5) is 18.2. The Bertz CT molecular complexity index is 661. The summed E-state index contributed by atoms with van der Waals surface area (Å²) in [5.41, 5.74) is 0.508. The third-order valence-corrected chi connectivity index (χ3v) is 4.32. The molecule has 0 aliphatic carbocycles. The van der Waals surface area contributed by atoms with Crippen molar-refractivity contribution in [2.75, 3.05) is 19.6 Å². The summed E-state index contributed by atoms with van der Waals surface area (Å²) in [5.74, 6) is 0.114. The highest BCUT2D eigenvalue weighted by Gasteiger charge is 2.22. The van der Waals surface area contributed by atoms with E-state index in [-0.39, 0.29) is 18.3 Å². The first-order valence-corrected chi connectivity index (χ1v) is 8.25. The van der Waals surface area contributed by atoms with Crippen molar-refractivity contribution in [3.05, 3.63) is 48.3 Å². The molecule has 0 radical (unpaired) electrons. The molecule has 24 heavy (non-hydrogen) atoms. The summed E-state index contributed by atoms with van der Waals surface area (Å²) in [6.07, 6.45) is 5.46. The van der Waals surface area contributed by atoms with E-state index in [1.807, 2.05) is 4.68 Å². The molecular formula is C17H22FN5O. The summed E-state index contributed by atoms with van der Waals surface area (Å²) in [7, 11) is 0. The average Bonchev–Trinajstić information content (AvgIpc) is 3.07. The Hall–Kier alpha value is -2.28. The average molecular weight is 331 g/mol. The summed E-state index contributed by atoms with van der Waals surface area (Å²) in [6, 6.07) is 6.50. The van der Waals surface area contributed by atoms with Gasteiger partial charge in [-0.25, -0.2) is 9.37 Å². The highest BCUT2D eigenvalue weighted by Crippen LogP contribution is 2.17. The maximum Gasteiger partial charge on any atom is 0.234 e. The highest BCUT2D eigenvalue weighted by atomic mass is 19.1. The van der Waals surface area contributed by atoms with Gasteiger partial charge in [-0.1, -0.05) is 18.2 Å². The molecule has 1 aromatic carbocycles. The van der Waals surface area contributed by atoms with Crippen LogP contribution in [0.5, 0.6) is 0 Å². The van der Waals surface area contributed by atoms with E-state index >= 15 is 0 Å². The Morgan fingerprint density at radius 2 is 2.25 bits per heavy atom. The second kappa shape index (κ2) is 8.01. The number of piperidine rings is 1. The third-order valence-electron chi connectivity index (χ3n) is 4.32. The summed E-state index contributed by atoms with van der Waals surface area (Å²) in [6.45, 7) is 3.19. The number of nitrogens with one attached hydrogen (secondary N) is 1. The van der Waals surface area contributed by atoms with Crippen LogP contribution in [-0.2, 0) is 17.9 Å². The fourth-order valence-corrected chi connectivity index (χ4v) is 3.13. The molecule has 1 aliphatic heterocycles. The van der Waals surface area contributed by atoms with Crippen LogP contribution in [-0.4, -0.2) is 45.2 Å². The number of benzene rings is 1. The monoisotopic (exact) mass is 331 g/mol. The minimum Gasteiger partial charge on any atom is -0.351 e. The minimum atomic E-state index is -0.288.